The molecule has 3 heteroatoms. The van der Waals surface area contributed by atoms with E-state index in [1.54, 1.807) is 0 Å². The van der Waals surface area contributed by atoms with Crippen molar-refractivity contribution in [2.75, 3.05) is 19.6 Å². The first kappa shape index (κ1) is 13.2. The first-order valence-electron chi connectivity index (χ1n) is 7.88. The zero-order chi connectivity index (χ0) is 13.1. The van der Waals surface area contributed by atoms with Gasteiger partial charge in [0.15, 0.2) is 0 Å². The minimum absolute atomic E-state index is 0.803. The normalized spacial score (nSPS) is 26.1. The summed E-state index contributed by atoms with van der Waals surface area (Å²) in [6, 6.07) is 5.06. The van der Waals surface area contributed by atoms with Crippen LogP contribution in [0.3, 0.4) is 0 Å². The van der Waals surface area contributed by atoms with Gasteiger partial charge < -0.3 is 9.73 Å². The van der Waals surface area contributed by atoms with Crippen molar-refractivity contribution in [2.45, 2.75) is 51.6 Å². The Kier molecular flexibility index (Phi) is 4.24. The van der Waals surface area contributed by atoms with E-state index in [0.717, 1.165) is 36.4 Å². The van der Waals surface area contributed by atoms with Gasteiger partial charge in [-0.2, -0.15) is 0 Å². The van der Waals surface area contributed by atoms with Crippen LogP contribution in [0.15, 0.2) is 16.5 Å². The Hall–Kier alpha value is -0.800. The molecule has 0 amide bonds. The van der Waals surface area contributed by atoms with Gasteiger partial charge in [0.1, 0.15) is 11.5 Å². The molecule has 3 rings (SSSR count). The number of furan rings is 1. The Morgan fingerprint density at radius 3 is 2.63 bits per heavy atom. The molecule has 0 aromatic carbocycles. The van der Waals surface area contributed by atoms with E-state index in [-0.39, 0.29) is 0 Å². The summed E-state index contributed by atoms with van der Waals surface area (Å²) >= 11 is 0. The van der Waals surface area contributed by atoms with Gasteiger partial charge in [-0.15, -0.1) is 0 Å². The Labute approximate surface area is 116 Å². The van der Waals surface area contributed by atoms with Gasteiger partial charge in [0, 0.05) is 12.5 Å². The van der Waals surface area contributed by atoms with E-state index in [0.29, 0.717) is 0 Å². The highest BCUT2D eigenvalue weighted by molar-refractivity contribution is 5.07. The van der Waals surface area contributed by atoms with E-state index < -0.39 is 0 Å². The summed E-state index contributed by atoms with van der Waals surface area (Å²) in [6.45, 7) is 6.82. The lowest BCUT2D eigenvalue weighted by atomic mass is 9.88. The van der Waals surface area contributed by atoms with Gasteiger partial charge in [-0.25, -0.2) is 0 Å². The Morgan fingerprint density at radius 1 is 1.21 bits per heavy atom. The molecule has 0 spiro atoms. The molecule has 106 valence electrons. The van der Waals surface area contributed by atoms with Crippen molar-refractivity contribution >= 4 is 0 Å². The van der Waals surface area contributed by atoms with Gasteiger partial charge in [-0.1, -0.05) is 6.92 Å². The van der Waals surface area contributed by atoms with E-state index in [1.807, 2.05) is 0 Å². The van der Waals surface area contributed by atoms with Gasteiger partial charge in [-0.3, -0.25) is 4.90 Å². The van der Waals surface area contributed by atoms with Gasteiger partial charge in [0.05, 0.1) is 6.54 Å². The molecule has 1 N–H and O–H groups in total. The molecule has 0 radical (unpaired) electrons. The molecule has 0 saturated carbocycles. The second-order valence-electron chi connectivity index (χ2n) is 6.04. The lowest BCUT2D eigenvalue weighted by Crippen LogP contribution is -2.40. The minimum Gasteiger partial charge on any atom is -0.465 e. The molecular formula is C16H26N2O. The molecule has 19 heavy (non-hydrogen) atoms. The average Bonchev–Trinajstić information content (AvgIpc) is 3.10. The third-order valence-electron chi connectivity index (χ3n) is 4.74. The van der Waals surface area contributed by atoms with Crippen LogP contribution in [-0.2, 0) is 13.0 Å². The van der Waals surface area contributed by atoms with Crippen LogP contribution in [0, 0.1) is 5.92 Å². The Bertz CT molecular complexity index is 387. The molecule has 2 aliphatic heterocycles. The maximum atomic E-state index is 5.81. The van der Waals surface area contributed by atoms with E-state index >= 15 is 0 Å². The molecule has 1 aromatic heterocycles. The molecule has 1 unspecified atom stereocenters. The van der Waals surface area contributed by atoms with Crippen LogP contribution >= 0.6 is 0 Å². The summed E-state index contributed by atoms with van der Waals surface area (Å²) in [6.07, 6.45) is 6.45. The molecule has 1 atom stereocenters. The molecule has 0 aliphatic carbocycles. The predicted molar refractivity (Wildman–Crippen MR) is 77.1 cm³/mol. The summed E-state index contributed by atoms with van der Waals surface area (Å²) in [5.41, 5.74) is 0. The number of hydrogen-bond donors (Lipinski definition) is 1. The number of nitrogens with one attached hydrogen (secondary N) is 1. The van der Waals surface area contributed by atoms with Gasteiger partial charge in [0.25, 0.3) is 0 Å². The molecule has 2 fully saturated rings. The largest absolute Gasteiger partial charge is 0.465 e. The van der Waals surface area contributed by atoms with Crippen LogP contribution in [0.1, 0.15) is 44.1 Å². The number of piperidine rings is 1. The van der Waals surface area contributed by atoms with Crippen LogP contribution < -0.4 is 5.32 Å². The van der Waals surface area contributed by atoms with Crippen LogP contribution in [0.4, 0.5) is 0 Å². The molecule has 0 bridgehead atoms. The van der Waals surface area contributed by atoms with Crippen molar-refractivity contribution in [2.24, 2.45) is 5.92 Å². The molecule has 2 aliphatic rings. The van der Waals surface area contributed by atoms with E-state index in [1.165, 1.54) is 45.3 Å². The maximum absolute atomic E-state index is 5.81. The lowest BCUT2D eigenvalue weighted by Gasteiger charge is -2.34. The summed E-state index contributed by atoms with van der Waals surface area (Å²) in [5, 5.41) is 3.66. The zero-order valence-electron chi connectivity index (χ0n) is 12.0. The highest BCUT2D eigenvalue weighted by atomic mass is 16.3. The first-order chi connectivity index (χ1) is 9.35. The highest BCUT2D eigenvalue weighted by Crippen LogP contribution is 2.26. The molecular weight excluding hydrogens is 236 g/mol. The topological polar surface area (TPSA) is 28.4 Å². The summed E-state index contributed by atoms with van der Waals surface area (Å²) in [7, 11) is 0. The quantitative estimate of drug-likeness (QED) is 0.904. The van der Waals surface area contributed by atoms with Crippen molar-refractivity contribution in [1.82, 2.24) is 10.2 Å². The number of likely N-dealkylation sites (tertiary alicyclic amines) is 1. The summed E-state index contributed by atoms with van der Waals surface area (Å²) in [4.78, 5) is 2.55. The Morgan fingerprint density at radius 2 is 2.00 bits per heavy atom. The molecule has 2 saturated heterocycles. The fourth-order valence-electron chi connectivity index (χ4n) is 3.54. The predicted octanol–water partition coefficient (Wildman–Crippen LogP) is 2.81. The standard InChI is InChI=1S/C16H26N2O/c1-2-14-5-6-15(19-14)12-18-10-7-13(8-11-18)16-4-3-9-17-16/h5-6,13,16-17H,2-4,7-12H2,1H3. The Balaban J connectivity index is 1.47. The van der Waals surface area contributed by atoms with Crippen molar-refractivity contribution < 1.29 is 4.42 Å². The van der Waals surface area contributed by atoms with Crippen molar-refractivity contribution in [3.05, 3.63) is 23.7 Å². The van der Waals surface area contributed by atoms with E-state index in [9.17, 15) is 0 Å². The third kappa shape index (κ3) is 3.21. The summed E-state index contributed by atoms with van der Waals surface area (Å²) in [5.74, 6) is 3.15. The number of nitrogens with zero attached hydrogens (tertiary/aromatic N) is 1. The van der Waals surface area contributed by atoms with Crippen LogP contribution in [0.2, 0.25) is 0 Å². The fourth-order valence-corrected chi connectivity index (χ4v) is 3.54. The average molecular weight is 262 g/mol. The first-order valence-corrected chi connectivity index (χ1v) is 7.88. The van der Waals surface area contributed by atoms with E-state index in [4.69, 9.17) is 4.42 Å². The second-order valence-corrected chi connectivity index (χ2v) is 6.04. The minimum atomic E-state index is 0.803. The molecule has 1 aromatic rings. The van der Waals surface area contributed by atoms with Crippen LogP contribution in [-0.4, -0.2) is 30.6 Å². The fraction of sp³-hybridized carbons (Fsp3) is 0.750. The van der Waals surface area contributed by atoms with Gasteiger partial charge in [0.2, 0.25) is 0 Å². The van der Waals surface area contributed by atoms with Gasteiger partial charge in [-0.05, 0) is 63.4 Å². The van der Waals surface area contributed by atoms with Crippen molar-refractivity contribution in [3.8, 4) is 0 Å². The van der Waals surface area contributed by atoms with Crippen molar-refractivity contribution in [3.63, 3.8) is 0 Å². The number of hydrogen-bond acceptors (Lipinski definition) is 3. The van der Waals surface area contributed by atoms with Crippen LogP contribution in [0.5, 0.6) is 0 Å². The number of aryl methyl sites for hydroxylation is 1. The molecule has 3 heterocycles. The van der Waals surface area contributed by atoms with Gasteiger partial charge >= 0.3 is 0 Å². The summed E-state index contributed by atoms with van der Waals surface area (Å²) < 4.78 is 5.81. The monoisotopic (exact) mass is 262 g/mol. The molecule has 3 nitrogen and oxygen atoms in total. The maximum Gasteiger partial charge on any atom is 0.118 e. The highest BCUT2D eigenvalue weighted by Gasteiger charge is 2.28. The number of rotatable bonds is 4. The van der Waals surface area contributed by atoms with Crippen LogP contribution in [0.25, 0.3) is 0 Å². The lowest BCUT2D eigenvalue weighted by molar-refractivity contribution is 0.148. The SMILES string of the molecule is CCc1ccc(CN2CCC(C3CCCN3)CC2)o1. The zero-order valence-corrected chi connectivity index (χ0v) is 12.0. The smallest absolute Gasteiger partial charge is 0.118 e. The second kappa shape index (κ2) is 6.10. The van der Waals surface area contributed by atoms with E-state index in [2.05, 4.69) is 29.3 Å². The van der Waals surface area contributed by atoms with Crippen molar-refractivity contribution in [1.29, 1.82) is 0 Å². The third-order valence-corrected chi connectivity index (χ3v) is 4.74.